The van der Waals surface area contributed by atoms with Crippen LogP contribution in [0.5, 0.6) is 0 Å². The molecule has 28 heavy (non-hydrogen) atoms. The van der Waals surface area contributed by atoms with Crippen LogP contribution in [0.25, 0.3) is 11.1 Å². The molecule has 0 radical (unpaired) electrons. The minimum atomic E-state index is -4.32. The average molecular weight is 514 g/mol. The Labute approximate surface area is 178 Å². The van der Waals surface area contributed by atoms with E-state index < -0.39 is 20.9 Å². The molecular weight excluding hydrogens is 478 g/mol. The molecule has 4 heteroatoms. The molecule has 0 heterocycles. The Hall–Kier alpha value is -0.400. The summed E-state index contributed by atoms with van der Waals surface area (Å²) in [6, 6.07) is 16.2. The van der Waals surface area contributed by atoms with Gasteiger partial charge in [0.25, 0.3) is 0 Å². The molecule has 0 bridgehead atoms. The second-order valence-electron chi connectivity index (χ2n) is 12.7. The fourth-order valence-electron chi connectivity index (χ4n) is 5.59. The first-order valence-electron chi connectivity index (χ1n) is 10.2. The summed E-state index contributed by atoms with van der Waals surface area (Å²) in [5, 5.41) is 0. The summed E-state index contributed by atoms with van der Waals surface area (Å²) in [6.07, 6.45) is 9.40. The van der Waals surface area contributed by atoms with Gasteiger partial charge in [-0.15, -0.1) is 24.8 Å². The van der Waals surface area contributed by atoms with Crippen molar-refractivity contribution < 1.29 is 15.0 Å². The van der Waals surface area contributed by atoms with Crippen molar-refractivity contribution in [3.63, 3.8) is 0 Å². The third-order valence-corrected chi connectivity index (χ3v) is 78.7. The van der Waals surface area contributed by atoms with E-state index in [1.807, 2.05) is 0 Å². The van der Waals surface area contributed by atoms with Gasteiger partial charge >= 0.3 is 155 Å². The number of halogens is 2. The topological polar surface area (TPSA) is 0 Å². The first kappa shape index (κ1) is 23.9. The van der Waals surface area contributed by atoms with Gasteiger partial charge in [-0.1, -0.05) is 0 Å². The molecule has 0 spiro atoms. The molecule has 2 aromatic carbocycles. The Morgan fingerprint density at radius 3 is 2.07 bits per heavy atom. The number of rotatable bonds is 3. The fraction of sp³-hybridized carbons (Fsp3) is 0.333. The van der Waals surface area contributed by atoms with Crippen molar-refractivity contribution in [1.82, 2.24) is 0 Å². The summed E-state index contributed by atoms with van der Waals surface area (Å²) < 4.78 is 14.5. The molecular formula is C24H35Cl2SiZr. The van der Waals surface area contributed by atoms with Gasteiger partial charge in [-0.2, -0.15) is 0 Å². The van der Waals surface area contributed by atoms with Crippen LogP contribution in [0, 0.1) is 0 Å². The van der Waals surface area contributed by atoms with E-state index in [0.29, 0.717) is 0 Å². The molecule has 0 saturated heterocycles. The van der Waals surface area contributed by atoms with Crippen LogP contribution < -0.4 is 3.27 Å². The monoisotopic (exact) mass is 511 g/mol. The maximum absolute atomic E-state index is 4.32. The van der Waals surface area contributed by atoms with E-state index in [1.165, 1.54) is 16.7 Å². The second kappa shape index (κ2) is 6.07. The summed E-state index contributed by atoms with van der Waals surface area (Å²) in [5.41, 5.74) is 6.06. The van der Waals surface area contributed by atoms with E-state index in [4.69, 9.17) is 0 Å². The van der Waals surface area contributed by atoms with Gasteiger partial charge in [-0.25, -0.2) is 0 Å². The Morgan fingerprint density at radius 1 is 0.821 bits per heavy atom. The van der Waals surface area contributed by atoms with Crippen LogP contribution in [-0.4, -0.2) is 5.92 Å². The molecule has 2 aliphatic carbocycles. The van der Waals surface area contributed by atoms with Crippen molar-refractivity contribution >= 4 is 34.0 Å². The summed E-state index contributed by atoms with van der Waals surface area (Å²) in [7, 11) is 0. The molecule has 0 N–H and O–H groups in total. The average Bonchev–Trinajstić information content (AvgIpc) is 3.23. The van der Waals surface area contributed by atoms with Crippen molar-refractivity contribution in [2.75, 3.05) is 0 Å². The Balaban J connectivity index is 0.00000140. The van der Waals surface area contributed by atoms with Crippen molar-refractivity contribution in [2.45, 2.75) is 44.5 Å². The van der Waals surface area contributed by atoms with E-state index in [-0.39, 0.29) is 24.8 Å². The number of allylic oxidation sites excluding steroid dienone is 4. The van der Waals surface area contributed by atoms with Gasteiger partial charge in [0.2, 0.25) is 0 Å². The van der Waals surface area contributed by atoms with Gasteiger partial charge in [-0.05, 0) is 0 Å². The Bertz CT molecular complexity index is 1030. The molecule has 2 aromatic rings. The third-order valence-electron chi connectivity index (χ3n) is 9.51. The van der Waals surface area contributed by atoms with E-state index in [2.05, 4.69) is 92.3 Å². The molecule has 2 aliphatic rings. The zero-order valence-corrected chi connectivity index (χ0v) is 23.3. The summed E-state index contributed by atoms with van der Waals surface area (Å²) in [4.78, 5) is 0. The predicted molar refractivity (Wildman–Crippen MR) is 133 cm³/mol. The van der Waals surface area contributed by atoms with Crippen molar-refractivity contribution in [3.8, 4) is 11.1 Å². The standard InChI is InChI=1S/C13H9.C5H5.C2H7Si.4CH3.2ClH.Zr/c1-3-7-12-10(5-1)9-11-6-2-4-8-13(11)12;1-2-4-5-3-1;1-3-2;;;;;;;/h1-5,7-8H,9H2;1-3H,4H2;3H,1-2H3;4*1H3;2*1H;. The third kappa shape index (κ3) is 2.71. The van der Waals surface area contributed by atoms with Crippen LogP contribution in [0.1, 0.15) is 17.5 Å². The van der Waals surface area contributed by atoms with E-state index in [0.717, 1.165) is 12.8 Å². The van der Waals surface area contributed by atoms with Crippen LogP contribution in [0.2, 0.25) is 31.6 Å². The largest absolute Gasteiger partial charge is 0.147 e. The van der Waals surface area contributed by atoms with Gasteiger partial charge in [0.15, 0.2) is 0 Å². The molecule has 0 aliphatic heterocycles. The van der Waals surface area contributed by atoms with Crippen molar-refractivity contribution in [2.24, 2.45) is 0 Å². The number of hydrogen-bond donors (Lipinski definition) is 0. The minimum absolute atomic E-state index is 0. The summed E-state index contributed by atoms with van der Waals surface area (Å²) in [5.74, 6) is -1.07. The molecule has 0 fully saturated rings. The van der Waals surface area contributed by atoms with Crippen LogP contribution in [0.4, 0.5) is 0 Å². The molecule has 0 saturated carbocycles. The molecule has 0 amide bonds. The quantitative estimate of drug-likeness (QED) is 0.318. The first-order valence-corrected chi connectivity index (χ1v) is 29.6. The number of fused-ring (bicyclic) bond motifs is 3. The second-order valence-corrected chi connectivity index (χ2v) is 75.8. The van der Waals surface area contributed by atoms with Crippen LogP contribution in [-0.2, 0) is 21.4 Å². The Morgan fingerprint density at radius 2 is 1.46 bits per heavy atom. The molecule has 153 valence electrons. The summed E-state index contributed by atoms with van der Waals surface area (Å²) >= 11 is -4.32. The summed E-state index contributed by atoms with van der Waals surface area (Å²) in [6.45, 7) is 5.23. The maximum atomic E-state index is 2.76. The molecule has 0 atom stereocenters. The van der Waals surface area contributed by atoms with E-state index >= 15 is 0 Å². The molecule has 0 nitrogen and oxygen atoms in total. The van der Waals surface area contributed by atoms with Crippen LogP contribution in [0.15, 0.2) is 64.0 Å². The zero-order valence-electron chi connectivity index (χ0n) is 18.1. The van der Waals surface area contributed by atoms with Crippen molar-refractivity contribution in [3.05, 3.63) is 75.1 Å². The maximum Gasteiger partial charge on any atom is -0.147 e. The van der Waals surface area contributed by atoms with Crippen molar-refractivity contribution in [1.29, 1.82) is 0 Å². The molecule has 0 aromatic heterocycles. The molecule has 4 rings (SSSR count). The smallest absolute Gasteiger partial charge is 0.147 e. The minimum Gasteiger partial charge on any atom is -0.147 e. The van der Waals surface area contributed by atoms with E-state index in [9.17, 15) is 0 Å². The van der Waals surface area contributed by atoms with Gasteiger partial charge in [0, 0.05) is 0 Å². The van der Waals surface area contributed by atoms with Crippen LogP contribution in [0.3, 0.4) is 0 Å². The number of hydrogen-bond acceptors (Lipinski definition) is 0. The van der Waals surface area contributed by atoms with Gasteiger partial charge < -0.3 is 0 Å². The van der Waals surface area contributed by atoms with Gasteiger partial charge in [0.05, 0.1) is 0 Å². The van der Waals surface area contributed by atoms with Gasteiger partial charge in [-0.3, -0.25) is 0 Å². The van der Waals surface area contributed by atoms with E-state index in [1.54, 1.807) is 12.1 Å². The Kier molecular flexibility index (Phi) is 5.17. The fourth-order valence-corrected chi connectivity index (χ4v) is 32.5. The molecule has 0 unspecified atom stereocenters. The SMILES string of the molecule is C[SiH](C)[Zr]([CH3])([CH3])([CH3])([CH3])([C]1=CC=CC1)[c]1cccc2c1Cc1ccccc1-2.Cl.Cl. The number of benzene rings is 2. The van der Waals surface area contributed by atoms with Gasteiger partial charge in [0.1, 0.15) is 0 Å². The first-order chi connectivity index (χ1) is 11.9. The normalized spacial score (nSPS) is 18.5. The zero-order chi connectivity index (χ0) is 18.9. The predicted octanol–water partition coefficient (Wildman–Crippen LogP) is 7.51. The van der Waals surface area contributed by atoms with Crippen LogP contribution >= 0.6 is 24.8 Å².